The minimum Gasteiger partial charge on any atom is -0.324 e. The maximum absolute atomic E-state index is 13.1. The largest absolute Gasteiger partial charge is 0.324 e. The Hall–Kier alpha value is -1.39. The van der Waals surface area contributed by atoms with Crippen molar-refractivity contribution in [2.45, 2.75) is 25.9 Å². The molecule has 3 nitrogen and oxygen atoms in total. The first-order valence-electron chi connectivity index (χ1n) is 5.82. The molecule has 0 bridgehead atoms. The monoisotopic (exact) mass is 267 g/mol. The molecular formula is C13H15ClFN3. The lowest BCUT2D eigenvalue weighted by Gasteiger charge is -2.11. The third kappa shape index (κ3) is 2.89. The van der Waals surface area contributed by atoms with Gasteiger partial charge in [-0.3, -0.25) is 4.68 Å². The Labute approximate surface area is 110 Å². The van der Waals surface area contributed by atoms with Crippen LogP contribution in [-0.2, 0) is 13.0 Å². The van der Waals surface area contributed by atoms with Gasteiger partial charge in [-0.15, -0.1) is 0 Å². The molecule has 1 atom stereocenters. The van der Waals surface area contributed by atoms with E-state index in [4.69, 9.17) is 17.3 Å². The fourth-order valence-electron chi connectivity index (χ4n) is 1.80. The van der Waals surface area contributed by atoms with Crippen molar-refractivity contribution in [1.29, 1.82) is 0 Å². The highest BCUT2D eigenvalue weighted by Crippen LogP contribution is 2.21. The molecule has 18 heavy (non-hydrogen) atoms. The fourth-order valence-corrected chi connectivity index (χ4v) is 1.99. The maximum atomic E-state index is 13.1. The second-order valence-corrected chi connectivity index (χ2v) is 4.60. The van der Waals surface area contributed by atoms with Gasteiger partial charge in [0.25, 0.3) is 0 Å². The first kappa shape index (κ1) is 13.1. The molecule has 0 amide bonds. The SMILES string of the molecule is CCn1cc(CC(N)c2ccc(F)c(Cl)c2)cn1. The summed E-state index contributed by atoms with van der Waals surface area (Å²) in [4.78, 5) is 0. The second kappa shape index (κ2) is 5.50. The Morgan fingerprint density at radius 1 is 1.50 bits per heavy atom. The molecule has 2 N–H and O–H groups in total. The zero-order valence-corrected chi connectivity index (χ0v) is 10.9. The van der Waals surface area contributed by atoms with Gasteiger partial charge in [-0.1, -0.05) is 17.7 Å². The topological polar surface area (TPSA) is 43.8 Å². The lowest BCUT2D eigenvalue weighted by Crippen LogP contribution is -2.13. The van der Waals surface area contributed by atoms with Gasteiger partial charge < -0.3 is 5.73 Å². The van der Waals surface area contributed by atoms with E-state index in [-0.39, 0.29) is 11.1 Å². The van der Waals surface area contributed by atoms with Gasteiger partial charge in [-0.25, -0.2) is 4.39 Å². The number of benzene rings is 1. The third-order valence-electron chi connectivity index (χ3n) is 2.84. The molecule has 1 heterocycles. The van der Waals surface area contributed by atoms with Crippen molar-refractivity contribution in [3.63, 3.8) is 0 Å². The van der Waals surface area contributed by atoms with E-state index in [0.717, 1.165) is 17.7 Å². The number of rotatable bonds is 4. The van der Waals surface area contributed by atoms with E-state index >= 15 is 0 Å². The van der Waals surface area contributed by atoms with Crippen molar-refractivity contribution in [3.8, 4) is 0 Å². The van der Waals surface area contributed by atoms with Gasteiger partial charge >= 0.3 is 0 Å². The standard InChI is InChI=1S/C13H15ClFN3/c1-2-18-8-9(7-17-18)5-13(16)10-3-4-12(15)11(14)6-10/h3-4,6-8,13H,2,5,16H2,1H3. The molecule has 5 heteroatoms. The molecule has 0 radical (unpaired) electrons. The average Bonchev–Trinajstić information content (AvgIpc) is 2.80. The summed E-state index contributed by atoms with van der Waals surface area (Å²) >= 11 is 5.74. The summed E-state index contributed by atoms with van der Waals surface area (Å²) in [7, 11) is 0. The quantitative estimate of drug-likeness (QED) is 0.926. The lowest BCUT2D eigenvalue weighted by molar-refractivity contribution is 0.624. The molecule has 0 aliphatic rings. The Balaban J connectivity index is 2.11. The van der Waals surface area contributed by atoms with E-state index in [1.807, 2.05) is 17.8 Å². The van der Waals surface area contributed by atoms with Crippen LogP contribution in [0, 0.1) is 5.82 Å². The van der Waals surface area contributed by atoms with Crippen molar-refractivity contribution < 1.29 is 4.39 Å². The third-order valence-corrected chi connectivity index (χ3v) is 3.13. The predicted octanol–water partition coefficient (Wildman–Crippen LogP) is 2.94. The highest BCUT2D eigenvalue weighted by atomic mass is 35.5. The lowest BCUT2D eigenvalue weighted by atomic mass is 10.0. The van der Waals surface area contributed by atoms with Gasteiger partial charge in [-0.2, -0.15) is 5.10 Å². The summed E-state index contributed by atoms with van der Waals surface area (Å²) in [5.41, 5.74) is 7.96. The normalized spacial score (nSPS) is 12.7. The van der Waals surface area contributed by atoms with E-state index in [2.05, 4.69) is 5.10 Å². The molecule has 1 unspecified atom stereocenters. The van der Waals surface area contributed by atoms with Gasteiger partial charge in [0, 0.05) is 18.8 Å². The van der Waals surface area contributed by atoms with Crippen LogP contribution in [-0.4, -0.2) is 9.78 Å². The van der Waals surface area contributed by atoms with Crippen molar-refractivity contribution >= 4 is 11.6 Å². The van der Waals surface area contributed by atoms with Crippen LogP contribution in [0.5, 0.6) is 0 Å². The number of hydrogen-bond donors (Lipinski definition) is 1. The van der Waals surface area contributed by atoms with Gasteiger partial charge in [0.15, 0.2) is 0 Å². The summed E-state index contributed by atoms with van der Waals surface area (Å²) < 4.78 is 14.9. The van der Waals surface area contributed by atoms with Gasteiger partial charge in [0.05, 0.1) is 11.2 Å². The molecule has 2 rings (SSSR count). The van der Waals surface area contributed by atoms with E-state index in [1.165, 1.54) is 6.07 Å². The van der Waals surface area contributed by atoms with Crippen LogP contribution >= 0.6 is 11.6 Å². The number of halogens is 2. The maximum Gasteiger partial charge on any atom is 0.141 e. The van der Waals surface area contributed by atoms with Crippen LogP contribution in [0.15, 0.2) is 30.6 Å². The number of aryl methyl sites for hydroxylation is 1. The molecule has 1 aromatic heterocycles. The zero-order valence-electron chi connectivity index (χ0n) is 10.1. The number of nitrogens with two attached hydrogens (primary N) is 1. The molecule has 0 saturated carbocycles. The van der Waals surface area contributed by atoms with Crippen molar-refractivity contribution in [3.05, 3.63) is 52.6 Å². The summed E-state index contributed by atoms with van der Waals surface area (Å²) in [6.07, 6.45) is 4.42. The number of aromatic nitrogens is 2. The Kier molecular flexibility index (Phi) is 3.99. The van der Waals surface area contributed by atoms with Gasteiger partial charge in [0.1, 0.15) is 5.82 Å². The number of nitrogens with zero attached hydrogens (tertiary/aromatic N) is 2. The highest BCUT2D eigenvalue weighted by molar-refractivity contribution is 6.30. The molecule has 0 fully saturated rings. The van der Waals surface area contributed by atoms with E-state index < -0.39 is 5.82 Å². The zero-order chi connectivity index (χ0) is 13.1. The van der Waals surface area contributed by atoms with E-state index in [9.17, 15) is 4.39 Å². The minimum absolute atomic E-state index is 0.104. The molecule has 96 valence electrons. The first-order valence-corrected chi connectivity index (χ1v) is 6.19. The Morgan fingerprint density at radius 2 is 2.28 bits per heavy atom. The van der Waals surface area contributed by atoms with E-state index in [1.54, 1.807) is 18.3 Å². The Morgan fingerprint density at radius 3 is 2.89 bits per heavy atom. The van der Waals surface area contributed by atoms with Crippen LogP contribution in [0.25, 0.3) is 0 Å². The minimum atomic E-state index is -0.425. The Bertz CT molecular complexity index is 539. The second-order valence-electron chi connectivity index (χ2n) is 4.19. The molecule has 2 aromatic rings. The number of hydrogen-bond acceptors (Lipinski definition) is 2. The van der Waals surface area contributed by atoms with Crippen molar-refractivity contribution in [2.75, 3.05) is 0 Å². The summed E-state index contributed by atoms with van der Waals surface area (Å²) in [5.74, 6) is -0.425. The molecule has 1 aromatic carbocycles. The van der Waals surface area contributed by atoms with Gasteiger partial charge in [-0.05, 0) is 36.6 Å². The molecule has 0 aliphatic carbocycles. The summed E-state index contributed by atoms with van der Waals surface area (Å²) in [5, 5.41) is 4.29. The average molecular weight is 268 g/mol. The van der Waals surface area contributed by atoms with Crippen LogP contribution in [0.3, 0.4) is 0 Å². The summed E-state index contributed by atoms with van der Waals surface area (Å²) in [6.45, 7) is 2.86. The van der Waals surface area contributed by atoms with Crippen molar-refractivity contribution in [2.24, 2.45) is 5.73 Å². The smallest absolute Gasteiger partial charge is 0.141 e. The highest BCUT2D eigenvalue weighted by Gasteiger charge is 2.10. The van der Waals surface area contributed by atoms with Crippen LogP contribution in [0.4, 0.5) is 4.39 Å². The molecule has 0 saturated heterocycles. The van der Waals surface area contributed by atoms with Crippen LogP contribution in [0.1, 0.15) is 24.1 Å². The van der Waals surface area contributed by atoms with Crippen molar-refractivity contribution in [1.82, 2.24) is 9.78 Å². The molecular weight excluding hydrogens is 253 g/mol. The van der Waals surface area contributed by atoms with Gasteiger partial charge in [0.2, 0.25) is 0 Å². The summed E-state index contributed by atoms with van der Waals surface area (Å²) in [6, 6.07) is 4.37. The predicted molar refractivity (Wildman–Crippen MR) is 69.9 cm³/mol. The first-order chi connectivity index (χ1) is 8.60. The fraction of sp³-hybridized carbons (Fsp3) is 0.308. The molecule has 0 spiro atoms. The molecule has 0 aliphatic heterocycles. The van der Waals surface area contributed by atoms with Crippen LogP contribution < -0.4 is 5.73 Å². The van der Waals surface area contributed by atoms with Crippen LogP contribution in [0.2, 0.25) is 5.02 Å². The van der Waals surface area contributed by atoms with E-state index in [0.29, 0.717) is 6.42 Å².